The molecule has 14 heteroatoms. The van der Waals surface area contributed by atoms with Crippen LogP contribution in [-0.2, 0) is 20.7 Å². The number of aromatic amines is 1. The molecule has 1 aromatic heterocycles. The van der Waals surface area contributed by atoms with Crippen LogP contribution in [0.25, 0.3) is 22.5 Å². The molecule has 2 fully saturated rings. The Hall–Kier alpha value is -5.63. The second-order valence-corrected chi connectivity index (χ2v) is 17.3. The first-order valence-electron chi connectivity index (χ1n) is 20.8. The molecule has 0 spiro atoms. The van der Waals surface area contributed by atoms with E-state index in [2.05, 4.69) is 60.9 Å². The molecule has 1 atom stereocenters. The third-order valence-corrected chi connectivity index (χ3v) is 11.5. The van der Waals surface area contributed by atoms with E-state index in [-0.39, 0.29) is 42.0 Å². The summed E-state index contributed by atoms with van der Waals surface area (Å²) in [5.41, 5.74) is 5.28. The molecule has 4 aromatic rings. The highest BCUT2D eigenvalue weighted by Gasteiger charge is 2.31. The quantitative estimate of drug-likeness (QED) is 0.102. The lowest BCUT2D eigenvalue weighted by Crippen LogP contribution is -2.48. The van der Waals surface area contributed by atoms with Gasteiger partial charge in [0.05, 0.1) is 0 Å². The Labute approximate surface area is 347 Å². The lowest BCUT2D eigenvalue weighted by molar-refractivity contribution is -0.130. The normalized spacial score (nSPS) is 20.0. The van der Waals surface area contributed by atoms with E-state index < -0.39 is 17.7 Å². The summed E-state index contributed by atoms with van der Waals surface area (Å²) >= 11 is 0. The van der Waals surface area contributed by atoms with Gasteiger partial charge in [0.15, 0.2) is 0 Å². The van der Waals surface area contributed by atoms with Gasteiger partial charge in [0.2, 0.25) is 17.6 Å². The van der Waals surface area contributed by atoms with Crippen molar-refractivity contribution in [1.29, 1.82) is 0 Å². The first kappa shape index (κ1) is 43.0. The van der Waals surface area contributed by atoms with Gasteiger partial charge in [-0.2, -0.15) is 5.21 Å². The number of H-pyrrole nitrogens is 1. The second kappa shape index (κ2) is 19.4. The molecule has 3 aromatic carbocycles. The monoisotopic (exact) mass is 805 g/mol. The van der Waals surface area contributed by atoms with Crippen LogP contribution in [0.3, 0.4) is 0 Å². The Morgan fingerprint density at radius 1 is 0.864 bits per heavy atom. The fourth-order valence-corrected chi connectivity index (χ4v) is 8.08. The van der Waals surface area contributed by atoms with Crippen molar-refractivity contribution < 1.29 is 23.9 Å². The molecular formula is C45H59N9O5. The van der Waals surface area contributed by atoms with Crippen LogP contribution in [0.15, 0.2) is 66.7 Å². The van der Waals surface area contributed by atoms with Crippen molar-refractivity contribution in [2.75, 3.05) is 26.0 Å². The highest BCUT2D eigenvalue weighted by molar-refractivity contribution is 5.98. The van der Waals surface area contributed by atoms with E-state index in [9.17, 15) is 19.2 Å². The minimum absolute atomic E-state index is 0.0409. The summed E-state index contributed by atoms with van der Waals surface area (Å²) < 4.78 is 5.37. The van der Waals surface area contributed by atoms with E-state index in [0.29, 0.717) is 42.5 Å². The van der Waals surface area contributed by atoms with Gasteiger partial charge in [0.25, 0.3) is 5.91 Å². The van der Waals surface area contributed by atoms with Crippen LogP contribution < -0.4 is 21.3 Å². The molecule has 2 saturated carbocycles. The number of alkyl carbamates (subject to hydrolysis) is 1. The predicted molar refractivity (Wildman–Crippen MR) is 227 cm³/mol. The molecule has 59 heavy (non-hydrogen) atoms. The summed E-state index contributed by atoms with van der Waals surface area (Å²) in [4.78, 5) is 55.2. The van der Waals surface area contributed by atoms with Crippen molar-refractivity contribution >= 4 is 29.5 Å². The summed E-state index contributed by atoms with van der Waals surface area (Å²) in [6.45, 7) is 7.99. The number of carbonyl (C=O) groups is 4. The molecule has 2 aliphatic rings. The van der Waals surface area contributed by atoms with Crippen LogP contribution in [0.4, 0.5) is 10.5 Å². The van der Waals surface area contributed by atoms with Gasteiger partial charge < -0.3 is 30.9 Å². The highest BCUT2D eigenvalue weighted by Crippen LogP contribution is 2.30. The zero-order valence-corrected chi connectivity index (χ0v) is 35.1. The first-order chi connectivity index (χ1) is 28.2. The Morgan fingerprint density at radius 2 is 1.54 bits per heavy atom. The maximum Gasteiger partial charge on any atom is 0.407 e. The van der Waals surface area contributed by atoms with Crippen molar-refractivity contribution in [3.8, 4) is 22.5 Å². The number of aryl methyl sites for hydroxylation is 1. The summed E-state index contributed by atoms with van der Waals surface area (Å²) in [7, 11) is 4.23. The van der Waals surface area contributed by atoms with E-state index in [1.54, 1.807) is 24.3 Å². The van der Waals surface area contributed by atoms with Gasteiger partial charge in [-0.05, 0) is 163 Å². The molecule has 314 valence electrons. The fourth-order valence-electron chi connectivity index (χ4n) is 8.08. The Balaban J connectivity index is 1.09. The van der Waals surface area contributed by atoms with Gasteiger partial charge in [0.1, 0.15) is 11.6 Å². The van der Waals surface area contributed by atoms with Crippen LogP contribution in [-0.4, -0.2) is 93.7 Å². The number of carbonyl (C=O) groups excluding carboxylic acids is 4. The predicted octanol–water partition coefficient (Wildman–Crippen LogP) is 6.44. The van der Waals surface area contributed by atoms with Crippen LogP contribution in [0, 0.1) is 18.8 Å². The lowest BCUT2D eigenvalue weighted by atomic mass is 9.81. The molecule has 2 aliphatic carbocycles. The van der Waals surface area contributed by atoms with Crippen molar-refractivity contribution in [1.82, 2.24) is 41.5 Å². The van der Waals surface area contributed by atoms with Crippen LogP contribution in [0.2, 0.25) is 0 Å². The van der Waals surface area contributed by atoms with Crippen LogP contribution in [0.5, 0.6) is 0 Å². The Bertz CT molecular complexity index is 2030. The Morgan fingerprint density at radius 3 is 2.15 bits per heavy atom. The number of hydrogen-bond acceptors (Lipinski definition) is 9. The topological polar surface area (TPSA) is 183 Å². The summed E-state index contributed by atoms with van der Waals surface area (Å²) in [6.07, 6.45) is 6.85. The van der Waals surface area contributed by atoms with Gasteiger partial charge in [0, 0.05) is 47.8 Å². The summed E-state index contributed by atoms with van der Waals surface area (Å²) in [5.74, 6) is -0.0906. The minimum Gasteiger partial charge on any atom is -0.444 e. The number of hydrogen-bond donors (Lipinski definition) is 5. The fraction of sp³-hybridized carbons (Fsp3) is 0.489. The standard InChI is InChI=1S/C45H59N9O5/c1-28-25-34(42(56)47-36-20-22-37(23-21-36)54(5)6)17-24-38(28)31-11-7-29(8-12-31)26-39(43(57)48-35-18-15-32(16-19-35)40-50-52-53-51-40)49-41(55)33-13-9-30(10-14-33)27-46-44(58)59-45(2,3)4/h7-8,11-12,15-19,24-25,30,33,36-37,39H,9-10,13-14,20-23,26-27H2,1-6H3,(H,46,58)(H,47,56)(H,48,57)(H,49,55)(H,50,51,52,53). The first-order valence-corrected chi connectivity index (χ1v) is 20.8. The SMILES string of the molecule is Cc1cc(C(=O)NC2CCC(N(C)C)CC2)ccc1-c1ccc(CC(NC(=O)C2CCC(CNC(=O)OC(C)(C)C)CC2)C(=O)Nc2ccc(-c3nn[nH]n3)cc2)cc1. The van der Waals surface area contributed by atoms with E-state index in [4.69, 9.17) is 4.74 Å². The number of tetrazole rings is 1. The third-order valence-electron chi connectivity index (χ3n) is 11.5. The van der Waals surface area contributed by atoms with E-state index in [1.807, 2.05) is 70.2 Å². The molecule has 4 amide bonds. The molecule has 14 nitrogen and oxygen atoms in total. The smallest absolute Gasteiger partial charge is 0.407 e. The van der Waals surface area contributed by atoms with Crippen molar-refractivity contribution in [2.45, 2.75) is 109 Å². The lowest BCUT2D eigenvalue weighted by Gasteiger charge is -2.33. The number of amides is 4. The molecule has 1 unspecified atom stereocenters. The maximum atomic E-state index is 13.9. The third kappa shape index (κ3) is 12.2. The van der Waals surface area contributed by atoms with Crippen LogP contribution >= 0.6 is 0 Å². The average Bonchev–Trinajstić information content (AvgIpc) is 3.76. The zero-order valence-electron chi connectivity index (χ0n) is 35.1. The number of ether oxygens (including phenoxy) is 1. The number of nitrogens with zero attached hydrogens (tertiary/aromatic N) is 4. The van der Waals surface area contributed by atoms with Gasteiger partial charge >= 0.3 is 6.09 Å². The minimum atomic E-state index is -0.839. The van der Waals surface area contributed by atoms with Crippen molar-refractivity contribution in [3.05, 3.63) is 83.4 Å². The van der Waals surface area contributed by atoms with Gasteiger partial charge in [-0.25, -0.2) is 4.79 Å². The highest BCUT2D eigenvalue weighted by atomic mass is 16.6. The molecule has 6 rings (SSSR count). The number of benzene rings is 3. The second-order valence-electron chi connectivity index (χ2n) is 17.3. The summed E-state index contributed by atoms with van der Waals surface area (Å²) in [6, 6.07) is 20.8. The molecule has 0 radical (unpaired) electrons. The molecule has 0 saturated heterocycles. The number of anilines is 1. The number of rotatable bonds is 13. The van der Waals surface area contributed by atoms with Crippen molar-refractivity contribution in [2.24, 2.45) is 11.8 Å². The van der Waals surface area contributed by atoms with E-state index in [0.717, 1.165) is 66.3 Å². The number of aromatic nitrogens is 4. The van der Waals surface area contributed by atoms with Crippen LogP contribution in [0.1, 0.15) is 93.6 Å². The van der Waals surface area contributed by atoms with E-state index in [1.165, 1.54) is 0 Å². The van der Waals surface area contributed by atoms with E-state index >= 15 is 0 Å². The van der Waals surface area contributed by atoms with Gasteiger partial charge in [-0.15, -0.1) is 10.2 Å². The molecule has 0 aliphatic heterocycles. The molecular weight excluding hydrogens is 747 g/mol. The molecule has 0 bridgehead atoms. The molecule has 1 heterocycles. The largest absolute Gasteiger partial charge is 0.444 e. The average molecular weight is 806 g/mol. The molecule has 5 N–H and O–H groups in total. The number of nitrogens with one attached hydrogen (secondary N) is 5. The maximum absolute atomic E-state index is 13.9. The summed E-state index contributed by atoms with van der Waals surface area (Å²) in [5, 5.41) is 26.2. The van der Waals surface area contributed by atoms with Gasteiger partial charge in [-0.1, -0.05) is 30.3 Å². The van der Waals surface area contributed by atoms with Crippen molar-refractivity contribution in [3.63, 3.8) is 0 Å². The Kier molecular flexibility index (Phi) is 14.1. The van der Waals surface area contributed by atoms with Gasteiger partial charge in [-0.3, -0.25) is 14.4 Å². The zero-order chi connectivity index (χ0) is 42.1.